The maximum atomic E-state index is 10.2. The van der Waals surface area contributed by atoms with E-state index in [2.05, 4.69) is 0 Å². The molecule has 2 amide bonds. The number of benzene rings is 1. The topological polar surface area (TPSA) is 103 Å². The number of primary amides is 2. The lowest BCUT2D eigenvalue weighted by Crippen LogP contribution is -2.16. The molecule has 1 aromatic carbocycles. The van der Waals surface area contributed by atoms with Gasteiger partial charge in [-0.1, -0.05) is 30.3 Å². The van der Waals surface area contributed by atoms with Gasteiger partial charge in [0.1, 0.15) is 0 Å². The van der Waals surface area contributed by atoms with Gasteiger partial charge in [0.2, 0.25) is 11.8 Å². The molecule has 0 aliphatic rings. The highest BCUT2D eigenvalue weighted by molar-refractivity contribution is 6.38. The maximum Gasteiger partial charge on any atom is 0.365 e. The lowest BCUT2D eigenvalue weighted by atomic mass is 10.3. The fourth-order valence-corrected chi connectivity index (χ4v) is 1.08. The third kappa shape index (κ3) is 8.76. The van der Waals surface area contributed by atoms with Gasteiger partial charge in [-0.2, -0.15) is 0 Å². The first-order chi connectivity index (χ1) is 7.56. The summed E-state index contributed by atoms with van der Waals surface area (Å²) in [6, 6.07) is 9.33. The van der Waals surface area contributed by atoms with Crippen LogP contribution in [0.4, 0.5) is 0 Å². The molecule has 0 heterocycles. The van der Waals surface area contributed by atoms with Crippen molar-refractivity contribution in [1.82, 2.24) is 0 Å². The minimum absolute atomic E-state index is 0.0509. The predicted octanol–water partition coefficient (Wildman–Crippen LogP) is -0.901. The van der Waals surface area contributed by atoms with Gasteiger partial charge in [-0.15, -0.1) is 0 Å². The fraction of sp³-hybridized carbons (Fsp3) is 0.200. The molecule has 0 unspecified atom stereocenters. The van der Waals surface area contributed by atoms with Crippen molar-refractivity contribution in [2.75, 3.05) is 0 Å². The normalized spacial score (nSPS) is 8.50. The molecule has 0 fully saturated rings. The number of carbonyl (C=O) groups excluding carboxylic acids is 2. The molecule has 1 radical (unpaired) electrons. The molecule has 0 saturated heterocycles. The van der Waals surface area contributed by atoms with Crippen molar-refractivity contribution in [1.29, 1.82) is 0 Å². The Kier molecular flexibility index (Phi) is 7.52. The summed E-state index contributed by atoms with van der Waals surface area (Å²) in [5.74, 6) is -0.993. The molecule has 0 spiro atoms. The van der Waals surface area contributed by atoms with Crippen molar-refractivity contribution in [3.8, 4) is 0 Å². The van der Waals surface area contributed by atoms with Crippen LogP contribution in [0, 0.1) is 0 Å². The van der Waals surface area contributed by atoms with Crippen LogP contribution < -0.4 is 16.7 Å². The van der Waals surface area contributed by atoms with E-state index in [-0.39, 0.29) is 22.2 Å². The molecule has 0 saturated carbocycles. The number of hydrogen-bond acceptors (Lipinski definition) is 3. The van der Waals surface area contributed by atoms with Crippen LogP contribution in [-0.2, 0) is 14.1 Å². The van der Waals surface area contributed by atoms with Crippen molar-refractivity contribution in [3.05, 3.63) is 30.3 Å². The molecule has 0 atom stereocenters. The first kappa shape index (κ1) is 14.2. The molecular formula is C10H13N2O3Si. The molecule has 6 heteroatoms. The van der Waals surface area contributed by atoms with Crippen molar-refractivity contribution in [2.24, 2.45) is 11.5 Å². The predicted molar refractivity (Wildman–Crippen MR) is 60.1 cm³/mol. The molecular weight excluding hydrogens is 224 g/mol. The molecule has 1 rings (SSSR count). The van der Waals surface area contributed by atoms with Crippen molar-refractivity contribution in [3.63, 3.8) is 0 Å². The highest BCUT2D eigenvalue weighted by Gasteiger charge is 1.96. The first-order valence-electron chi connectivity index (χ1n) is 4.56. The smallest absolute Gasteiger partial charge is 0.365 e. The zero-order chi connectivity index (χ0) is 12.4. The van der Waals surface area contributed by atoms with Crippen LogP contribution in [0.2, 0.25) is 0 Å². The fourth-order valence-electron chi connectivity index (χ4n) is 0.753. The molecule has 0 bridgehead atoms. The number of carbonyl (C=O) groups is 2. The number of amides is 2. The van der Waals surface area contributed by atoms with Gasteiger partial charge in [-0.3, -0.25) is 9.59 Å². The van der Waals surface area contributed by atoms with Gasteiger partial charge < -0.3 is 15.9 Å². The Bertz CT molecular complexity index is 340. The number of nitrogens with two attached hydrogens (primary N) is 2. The molecule has 0 aliphatic carbocycles. The van der Waals surface area contributed by atoms with Crippen molar-refractivity contribution >= 4 is 26.4 Å². The SMILES string of the molecule is NC(=O)CCC(N)=O.O=[Si]c1ccccc1. The minimum atomic E-state index is -0.496. The van der Waals surface area contributed by atoms with Crippen LogP contribution in [0.3, 0.4) is 0 Å². The van der Waals surface area contributed by atoms with E-state index in [1.54, 1.807) is 0 Å². The first-order valence-corrected chi connectivity index (χ1v) is 5.47. The lowest BCUT2D eigenvalue weighted by Gasteiger charge is -1.87. The van der Waals surface area contributed by atoms with Gasteiger partial charge in [0.15, 0.2) is 0 Å². The van der Waals surface area contributed by atoms with Crippen LogP contribution in [0.15, 0.2) is 30.3 Å². The Hall–Kier alpha value is -1.82. The summed E-state index contributed by atoms with van der Waals surface area (Å²) in [7, 11) is -0.320. The third-order valence-electron chi connectivity index (χ3n) is 1.51. The van der Waals surface area contributed by atoms with Gasteiger partial charge in [0.05, 0.1) is 0 Å². The van der Waals surface area contributed by atoms with Gasteiger partial charge in [0, 0.05) is 12.8 Å². The Labute approximate surface area is 95.7 Å². The van der Waals surface area contributed by atoms with E-state index in [1.807, 2.05) is 30.3 Å². The Morgan fingerprint density at radius 2 is 1.44 bits per heavy atom. The largest absolute Gasteiger partial charge is 0.378 e. The van der Waals surface area contributed by atoms with Gasteiger partial charge in [-0.05, 0) is 5.19 Å². The van der Waals surface area contributed by atoms with Crippen LogP contribution in [0.25, 0.3) is 0 Å². The average Bonchev–Trinajstić information content (AvgIpc) is 2.28. The standard InChI is InChI=1S/C6H5OSi.C4H8N2O2/c7-8-6-4-2-1-3-5-6;5-3(7)1-2-4(6)8/h1-5H;1-2H2,(H2,5,7)(H2,6,8). The molecule has 1 aromatic rings. The van der Waals surface area contributed by atoms with Crippen molar-refractivity contribution < 1.29 is 14.1 Å². The van der Waals surface area contributed by atoms with E-state index < -0.39 is 11.8 Å². The van der Waals surface area contributed by atoms with Crippen LogP contribution >= 0.6 is 0 Å². The second-order valence-electron chi connectivity index (χ2n) is 2.90. The van der Waals surface area contributed by atoms with E-state index in [0.717, 1.165) is 5.19 Å². The molecule has 0 aromatic heterocycles. The zero-order valence-corrected chi connectivity index (χ0v) is 9.68. The number of rotatable bonds is 4. The highest BCUT2D eigenvalue weighted by atomic mass is 28.2. The quantitative estimate of drug-likeness (QED) is 0.663. The summed E-state index contributed by atoms with van der Waals surface area (Å²) in [5, 5.41) is 0.882. The molecule has 85 valence electrons. The van der Waals surface area contributed by atoms with Crippen molar-refractivity contribution in [2.45, 2.75) is 12.8 Å². The molecule has 4 N–H and O–H groups in total. The van der Waals surface area contributed by atoms with E-state index in [4.69, 9.17) is 11.5 Å². The van der Waals surface area contributed by atoms with Crippen LogP contribution in [0.5, 0.6) is 0 Å². The summed E-state index contributed by atoms with van der Waals surface area (Å²) in [6.45, 7) is 0. The van der Waals surface area contributed by atoms with E-state index in [0.29, 0.717) is 0 Å². The highest BCUT2D eigenvalue weighted by Crippen LogP contribution is 1.82. The van der Waals surface area contributed by atoms with Crippen LogP contribution in [-0.4, -0.2) is 21.2 Å². The van der Waals surface area contributed by atoms with Gasteiger partial charge in [-0.25, -0.2) is 0 Å². The number of hydrogen-bond donors (Lipinski definition) is 2. The van der Waals surface area contributed by atoms with E-state index in [1.165, 1.54) is 0 Å². The second-order valence-corrected chi connectivity index (χ2v) is 3.68. The lowest BCUT2D eigenvalue weighted by molar-refractivity contribution is -0.123. The Morgan fingerprint density at radius 1 is 1.00 bits per heavy atom. The second kappa shape index (κ2) is 8.48. The summed E-state index contributed by atoms with van der Waals surface area (Å²) in [4.78, 5) is 19.8. The van der Waals surface area contributed by atoms with Crippen LogP contribution in [0.1, 0.15) is 12.8 Å². The summed E-state index contributed by atoms with van der Waals surface area (Å²) in [6.07, 6.45) is 0.102. The maximum absolute atomic E-state index is 10.2. The average molecular weight is 237 g/mol. The minimum Gasteiger partial charge on any atom is -0.378 e. The zero-order valence-electron chi connectivity index (χ0n) is 8.68. The Morgan fingerprint density at radius 3 is 1.69 bits per heavy atom. The van der Waals surface area contributed by atoms with Gasteiger partial charge >= 0.3 is 9.41 Å². The van der Waals surface area contributed by atoms with E-state index >= 15 is 0 Å². The summed E-state index contributed by atoms with van der Waals surface area (Å²) < 4.78 is 10.2. The van der Waals surface area contributed by atoms with E-state index in [9.17, 15) is 14.1 Å². The Balaban J connectivity index is 0.000000281. The summed E-state index contributed by atoms with van der Waals surface area (Å²) in [5.41, 5.74) is 9.39. The molecule has 16 heavy (non-hydrogen) atoms. The monoisotopic (exact) mass is 237 g/mol. The molecule has 0 aliphatic heterocycles. The summed E-state index contributed by atoms with van der Waals surface area (Å²) >= 11 is 0. The molecule has 5 nitrogen and oxygen atoms in total. The third-order valence-corrected chi connectivity index (χ3v) is 2.08. The van der Waals surface area contributed by atoms with Gasteiger partial charge in [0.25, 0.3) is 0 Å².